The van der Waals surface area contributed by atoms with Crippen LogP contribution in [-0.4, -0.2) is 32.8 Å². The summed E-state index contributed by atoms with van der Waals surface area (Å²) >= 11 is 0. The van der Waals surface area contributed by atoms with E-state index in [1.54, 1.807) is 6.07 Å². The van der Waals surface area contributed by atoms with Crippen molar-refractivity contribution in [3.05, 3.63) is 94.2 Å². The fraction of sp³-hybridized carbons (Fsp3) is 0.154. The molecule has 0 aliphatic carbocycles. The molecule has 170 valence electrons. The van der Waals surface area contributed by atoms with E-state index in [2.05, 4.69) is 19.2 Å². The Bertz CT molecular complexity index is 1540. The molecule has 0 amide bonds. The zero-order chi connectivity index (χ0) is 23.7. The lowest BCUT2D eigenvalue weighted by Crippen LogP contribution is -2.09. The third-order valence-electron chi connectivity index (χ3n) is 5.80. The summed E-state index contributed by atoms with van der Waals surface area (Å²) in [5.74, 6) is 0.311. The van der Waals surface area contributed by atoms with Crippen LogP contribution in [0.4, 0.5) is 0 Å². The molecule has 0 saturated carbocycles. The largest absolute Gasteiger partial charge is 0.465 e. The van der Waals surface area contributed by atoms with Gasteiger partial charge in [-0.3, -0.25) is 9.51 Å². The number of hydrogen-bond donors (Lipinski definition) is 1. The van der Waals surface area contributed by atoms with Crippen LogP contribution in [0, 0.1) is 0 Å². The van der Waals surface area contributed by atoms with Gasteiger partial charge < -0.3 is 9.30 Å². The molecule has 8 nitrogen and oxygen atoms in total. The molecule has 3 aromatic carbocycles. The number of imidazole rings is 1. The summed E-state index contributed by atoms with van der Waals surface area (Å²) in [6.45, 7) is 2.61. The van der Waals surface area contributed by atoms with Crippen molar-refractivity contribution in [2.75, 3.05) is 7.11 Å². The standard InChI is InChI=1S/C26H22N4O4/c1-3-22-27-21-10-6-9-20(25(31)33-2)23(21)30(22)15-16-11-13-17(14-12-16)18-7-4-5-8-19(18)24-28-26(32)34-29-24/h4-14H,3,15H2,1-2H3,(H,28,29,32). The van der Waals surface area contributed by atoms with Gasteiger partial charge in [0, 0.05) is 18.5 Å². The Morgan fingerprint density at radius 2 is 1.79 bits per heavy atom. The van der Waals surface area contributed by atoms with Crippen molar-refractivity contribution in [2.45, 2.75) is 19.9 Å². The van der Waals surface area contributed by atoms with Gasteiger partial charge in [-0.25, -0.2) is 14.6 Å². The number of benzene rings is 3. The van der Waals surface area contributed by atoms with Crippen LogP contribution in [0.15, 0.2) is 76.0 Å². The molecule has 5 aromatic rings. The first-order valence-electron chi connectivity index (χ1n) is 10.9. The number of ether oxygens (including phenoxy) is 1. The normalized spacial score (nSPS) is 11.1. The number of carbonyl (C=O) groups excluding carboxylic acids is 1. The Kier molecular flexibility index (Phi) is 5.55. The molecule has 0 bridgehead atoms. The van der Waals surface area contributed by atoms with Gasteiger partial charge in [0.2, 0.25) is 0 Å². The number of hydrogen-bond acceptors (Lipinski definition) is 6. The van der Waals surface area contributed by atoms with E-state index in [-0.39, 0.29) is 5.97 Å². The third-order valence-corrected chi connectivity index (χ3v) is 5.80. The summed E-state index contributed by atoms with van der Waals surface area (Å²) < 4.78 is 11.7. The second kappa shape index (κ2) is 8.82. The topological polar surface area (TPSA) is 103 Å². The fourth-order valence-corrected chi connectivity index (χ4v) is 4.21. The second-order valence-corrected chi connectivity index (χ2v) is 7.82. The molecule has 0 saturated heterocycles. The predicted molar refractivity (Wildman–Crippen MR) is 128 cm³/mol. The van der Waals surface area contributed by atoms with Crippen LogP contribution < -0.4 is 5.76 Å². The van der Waals surface area contributed by atoms with Crippen LogP contribution in [0.25, 0.3) is 33.5 Å². The fourth-order valence-electron chi connectivity index (χ4n) is 4.21. The first-order chi connectivity index (χ1) is 16.6. The van der Waals surface area contributed by atoms with Crippen LogP contribution >= 0.6 is 0 Å². The maximum atomic E-state index is 12.4. The van der Waals surface area contributed by atoms with Crippen molar-refractivity contribution in [1.82, 2.24) is 19.7 Å². The zero-order valence-electron chi connectivity index (χ0n) is 18.7. The molecule has 8 heteroatoms. The number of fused-ring (bicyclic) bond motifs is 1. The summed E-state index contributed by atoms with van der Waals surface area (Å²) in [5, 5.41) is 3.83. The van der Waals surface area contributed by atoms with Gasteiger partial charge in [0.15, 0.2) is 5.82 Å². The number of nitrogens with one attached hydrogen (secondary N) is 1. The van der Waals surface area contributed by atoms with Crippen molar-refractivity contribution in [3.63, 3.8) is 0 Å². The van der Waals surface area contributed by atoms with E-state index in [0.29, 0.717) is 17.9 Å². The number of carbonyl (C=O) groups is 1. The van der Waals surface area contributed by atoms with E-state index in [1.807, 2.05) is 67.6 Å². The Morgan fingerprint density at radius 3 is 2.47 bits per heavy atom. The lowest BCUT2D eigenvalue weighted by atomic mass is 9.98. The first-order valence-corrected chi connectivity index (χ1v) is 10.9. The minimum Gasteiger partial charge on any atom is -0.465 e. The maximum Gasteiger partial charge on any atom is 0.439 e. The molecule has 0 aliphatic rings. The smallest absolute Gasteiger partial charge is 0.439 e. The molecule has 0 spiro atoms. The van der Waals surface area contributed by atoms with Gasteiger partial charge in [-0.1, -0.05) is 66.7 Å². The Morgan fingerprint density at radius 1 is 1.03 bits per heavy atom. The lowest BCUT2D eigenvalue weighted by molar-refractivity contribution is 0.0602. The highest BCUT2D eigenvalue weighted by Gasteiger charge is 2.18. The van der Waals surface area contributed by atoms with E-state index in [9.17, 15) is 9.59 Å². The number of H-pyrrole nitrogens is 1. The molecular formula is C26H22N4O4. The molecule has 2 aromatic heterocycles. The number of methoxy groups -OCH3 is 1. The van der Waals surface area contributed by atoms with Gasteiger partial charge in [0.1, 0.15) is 5.82 Å². The molecule has 0 aliphatic heterocycles. The summed E-state index contributed by atoms with van der Waals surface area (Å²) in [4.78, 5) is 31.1. The number of esters is 1. The molecule has 0 atom stereocenters. The van der Waals surface area contributed by atoms with Crippen LogP contribution in [0.2, 0.25) is 0 Å². The van der Waals surface area contributed by atoms with Gasteiger partial charge >= 0.3 is 11.7 Å². The number of nitrogens with zero attached hydrogens (tertiary/aromatic N) is 3. The average molecular weight is 454 g/mol. The summed E-state index contributed by atoms with van der Waals surface area (Å²) in [5.41, 5.74) is 5.78. The van der Waals surface area contributed by atoms with Crippen molar-refractivity contribution in [3.8, 4) is 22.5 Å². The van der Waals surface area contributed by atoms with Crippen molar-refractivity contribution >= 4 is 17.0 Å². The second-order valence-electron chi connectivity index (χ2n) is 7.82. The summed E-state index contributed by atoms with van der Waals surface area (Å²) in [6.07, 6.45) is 0.733. The average Bonchev–Trinajstić information content (AvgIpc) is 3.47. The van der Waals surface area contributed by atoms with Crippen LogP contribution in [0.5, 0.6) is 0 Å². The zero-order valence-corrected chi connectivity index (χ0v) is 18.7. The third kappa shape index (κ3) is 3.79. The van der Waals surface area contributed by atoms with Gasteiger partial charge in [-0.2, -0.15) is 0 Å². The Hall–Kier alpha value is -4.46. The van der Waals surface area contributed by atoms with Gasteiger partial charge in [-0.05, 0) is 28.8 Å². The van der Waals surface area contributed by atoms with Crippen molar-refractivity contribution in [2.24, 2.45) is 0 Å². The van der Waals surface area contributed by atoms with Crippen molar-refractivity contribution < 1.29 is 14.1 Å². The minimum absolute atomic E-state index is 0.382. The highest BCUT2D eigenvalue weighted by Crippen LogP contribution is 2.30. The van der Waals surface area contributed by atoms with Gasteiger partial charge in [-0.15, -0.1) is 0 Å². The van der Waals surface area contributed by atoms with E-state index in [4.69, 9.17) is 9.72 Å². The molecule has 34 heavy (non-hydrogen) atoms. The molecule has 0 fully saturated rings. The van der Waals surface area contributed by atoms with Crippen molar-refractivity contribution in [1.29, 1.82) is 0 Å². The Labute approximate surface area is 194 Å². The molecule has 0 unspecified atom stereocenters. The number of aryl methyl sites for hydroxylation is 1. The first kappa shape index (κ1) is 21.4. The quantitative estimate of drug-likeness (QED) is 0.381. The molecule has 1 N–H and O–H groups in total. The Balaban J connectivity index is 1.52. The van der Waals surface area contributed by atoms with Crippen LogP contribution in [0.1, 0.15) is 28.7 Å². The minimum atomic E-state index is -0.592. The van der Waals surface area contributed by atoms with Gasteiger partial charge in [0.05, 0.1) is 23.7 Å². The van der Waals surface area contributed by atoms with Gasteiger partial charge in [0.25, 0.3) is 0 Å². The predicted octanol–water partition coefficient (Wildman–Crippen LogP) is 4.44. The molecule has 0 radical (unpaired) electrons. The SMILES string of the molecule is CCc1nc2cccc(C(=O)OC)c2n1Cc1ccc(-c2ccccc2-c2noc(=O)[nH]2)cc1. The highest BCUT2D eigenvalue weighted by atomic mass is 16.5. The summed E-state index contributed by atoms with van der Waals surface area (Å²) in [6, 6.07) is 21.3. The molecule has 2 heterocycles. The molecular weight excluding hydrogens is 432 g/mol. The lowest BCUT2D eigenvalue weighted by Gasteiger charge is -2.12. The number of aromatic amines is 1. The van der Waals surface area contributed by atoms with E-state index in [1.165, 1.54) is 7.11 Å². The number of para-hydroxylation sites is 1. The van der Waals surface area contributed by atoms with E-state index >= 15 is 0 Å². The van der Waals surface area contributed by atoms with E-state index in [0.717, 1.165) is 45.5 Å². The number of aromatic nitrogens is 4. The maximum absolute atomic E-state index is 12.4. The molecule has 5 rings (SSSR count). The number of rotatable bonds is 6. The van der Waals surface area contributed by atoms with E-state index < -0.39 is 5.76 Å². The van der Waals surface area contributed by atoms with Crippen LogP contribution in [-0.2, 0) is 17.7 Å². The summed E-state index contributed by atoms with van der Waals surface area (Å²) in [7, 11) is 1.38. The van der Waals surface area contributed by atoms with Crippen LogP contribution in [0.3, 0.4) is 0 Å². The highest BCUT2D eigenvalue weighted by molar-refractivity contribution is 6.02. The monoisotopic (exact) mass is 454 g/mol.